The average Bonchev–Trinajstić information content (AvgIpc) is 2.96. The summed E-state index contributed by atoms with van der Waals surface area (Å²) in [5, 5.41) is 0. The van der Waals surface area contributed by atoms with E-state index >= 15 is 0 Å². The molecule has 3 nitrogen and oxygen atoms in total. The third-order valence-electron chi connectivity index (χ3n) is 3.33. The fraction of sp³-hybridized carbons (Fsp3) is 0.375. The lowest BCUT2D eigenvalue weighted by atomic mass is 10.0. The quantitative estimate of drug-likeness (QED) is 0.763. The van der Waals surface area contributed by atoms with Crippen molar-refractivity contribution in [1.29, 1.82) is 0 Å². The average molecular weight is 256 g/mol. The van der Waals surface area contributed by atoms with Crippen molar-refractivity contribution in [3.05, 3.63) is 54.1 Å². The van der Waals surface area contributed by atoms with E-state index in [1.807, 2.05) is 10.8 Å². The molecule has 19 heavy (non-hydrogen) atoms. The minimum Gasteiger partial charge on any atom is -0.337 e. The van der Waals surface area contributed by atoms with Gasteiger partial charge in [0.1, 0.15) is 5.78 Å². The van der Waals surface area contributed by atoms with E-state index in [9.17, 15) is 4.79 Å². The maximum atomic E-state index is 11.8. The summed E-state index contributed by atoms with van der Waals surface area (Å²) in [6, 6.07) is 8.54. The Hall–Kier alpha value is -1.90. The number of carbonyl (C=O) groups excluding carboxylic acids is 1. The number of nitrogens with zero attached hydrogens (tertiary/aromatic N) is 2. The summed E-state index contributed by atoms with van der Waals surface area (Å²) in [5.74, 6) is 0.313. The van der Waals surface area contributed by atoms with E-state index in [1.165, 1.54) is 11.1 Å². The molecule has 2 rings (SSSR count). The number of ketones is 1. The third kappa shape index (κ3) is 4.36. The molecule has 0 saturated carbocycles. The predicted octanol–water partition coefficient (Wildman–Crippen LogP) is 3.04. The van der Waals surface area contributed by atoms with E-state index in [-0.39, 0.29) is 0 Å². The SMILES string of the molecule is CCc1ccc(CCC(=O)CCn2ccnc2)cc1. The summed E-state index contributed by atoms with van der Waals surface area (Å²) < 4.78 is 1.94. The van der Waals surface area contributed by atoms with Crippen molar-refractivity contribution in [2.75, 3.05) is 0 Å². The monoisotopic (exact) mass is 256 g/mol. The van der Waals surface area contributed by atoms with Crippen LogP contribution in [0, 0.1) is 0 Å². The van der Waals surface area contributed by atoms with Gasteiger partial charge in [-0.05, 0) is 24.0 Å². The van der Waals surface area contributed by atoms with Crippen LogP contribution in [0.3, 0.4) is 0 Å². The first kappa shape index (κ1) is 13.5. The number of Topliss-reactive ketones (excluding diaryl/α,β-unsaturated/α-hetero) is 1. The molecular formula is C16H20N2O. The highest BCUT2D eigenvalue weighted by Crippen LogP contribution is 2.08. The summed E-state index contributed by atoms with van der Waals surface area (Å²) >= 11 is 0. The van der Waals surface area contributed by atoms with Gasteiger partial charge in [0.2, 0.25) is 0 Å². The van der Waals surface area contributed by atoms with Crippen LogP contribution in [0.5, 0.6) is 0 Å². The zero-order valence-electron chi connectivity index (χ0n) is 11.4. The lowest BCUT2D eigenvalue weighted by Crippen LogP contribution is -2.05. The molecule has 0 unspecified atom stereocenters. The normalized spacial score (nSPS) is 10.6. The number of imidazole rings is 1. The van der Waals surface area contributed by atoms with Crippen molar-refractivity contribution in [2.24, 2.45) is 0 Å². The van der Waals surface area contributed by atoms with Gasteiger partial charge in [-0.3, -0.25) is 4.79 Å². The molecule has 2 aromatic rings. The van der Waals surface area contributed by atoms with Gasteiger partial charge in [0.05, 0.1) is 6.33 Å². The van der Waals surface area contributed by atoms with Gasteiger partial charge >= 0.3 is 0 Å². The Morgan fingerprint density at radius 3 is 2.53 bits per heavy atom. The van der Waals surface area contributed by atoms with Gasteiger partial charge in [-0.2, -0.15) is 0 Å². The molecule has 0 spiro atoms. The molecule has 0 radical (unpaired) electrons. The molecule has 0 aliphatic carbocycles. The number of hydrogen-bond acceptors (Lipinski definition) is 2. The number of hydrogen-bond donors (Lipinski definition) is 0. The van der Waals surface area contributed by atoms with E-state index in [2.05, 4.69) is 36.2 Å². The first-order valence-electron chi connectivity index (χ1n) is 6.83. The second-order valence-electron chi connectivity index (χ2n) is 4.76. The van der Waals surface area contributed by atoms with Crippen LogP contribution < -0.4 is 0 Å². The molecule has 0 fully saturated rings. The summed E-state index contributed by atoms with van der Waals surface area (Å²) in [6.07, 6.45) is 8.48. The van der Waals surface area contributed by atoms with Crippen LogP contribution in [0.2, 0.25) is 0 Å². The molecule has 0 bridgehead atoms. The van der Waals surface area contributed by atoms with Gasteiger partial charge in [0, 0.05) is 31.8 Å². The highest BCUT2D eigenvalue weighted by atomic mass is 16.1. The van der Waals surface area contributed by atoms with Crippen LogP contribution in [0.25, 0.3) is 0 Å². The zero-order valence-corrected chi connectivity index (χ0v) is 11.4. The van der Waals surface area contributed by atoms with Crippen molar-refractivity contribution in [2.45, 2.75) is 39.2 Å². The molecule has 0 amide bonds. The Balaban J connectivity index is 1.73. The van der Waals surface area contributed by atoms with Crippen molar-refractivity contribution in [3.63, 3.8) is 0 Å². The lowest BCUT2D eigenvalue weighted by molar-refractivity contribution is -0.119. The maximum absolute atomic E-state index is 11.8. The minimum absolute atomic E-state index is 0.313. The van der Waals surface area contributed by atoms with Crippen LogP contribution in [0.15, 0.2) is 43.0 Å². The van der Waals surface area contributed by atoms with Gasteiger partial charge < -0.3 is 4.57 Å². The van der Waals surface area contributed by atoms with Crippen molar-refractivity contribution in [1.82, 2.24) is 9.55 Å². The summed E-state index contributed by atoms with van der Waals surface area (Å²) in [7, 11) is 0. The Morgan fingerprint density at radius 2 is 1.89 bits per heavy atom. The predicted molar refractivity (Wildman–Crippen MR) is 76.0 cm³/mol. The Bertz CT molecular complexity index is 500. The fourth-order valence-electron chi connectivity index (χ4n) is 2.02. The third-order valence-corrected chi connectivity index (χ3v) is 3.33. The molecule has 0 atom stereocenters. The van der Waals surface area contributed by atoms with E-state index in [0.717, 1.165) is 19.4 Å². The number of aryl methyl sites for hydroxylation is 3. The maximum Gasteiger partial charge on any atom is 0.135 e. The fourth-order valence-corrected chi connectivity index (χ4v) is 2.02. The second kappa shape index (κ2) is 6.88. The second-order valence-corrected chi connectivity index (χ2v) is 4.76. The van der Waals surface area contributed by atoms with Crippen LogP contribution in [-0.4, -0.2) is 15.3 Å². The van der Waals surface area contributed by atoms with Crippen LogP contribution >= 0.6 is 0 Å². The topological polar surface area (TPSA) is 34.9 Å². The van der Waals surface area contributed by atoms with E-state index < -0.39 is 0 Å². The number of rotatable bonds is 7. The summed E-state index contributed by atoms with van der Waals surface area (Å²) in [4.78, 5) is 15.8. The number of carbonyl (C=O) groups is 1. The van der Waals surface area contributed by atoms with E-state index in [0.29, 0.717) is 18.6 Å². The molecule has 1 heterocycles. The van der Waals surface area contributed by atoms with Crippen LogP contribution in [-0.2, 0) is 24.2 Å². The van der Waals surface area contributed by atoms with Gasteiger partial charge in [0.25, 0.3) is 0 Å². The summed E-state index contributed by atoms with van der Waals surface area (Å²) in [5.41, 5.74) is 2.59. The smallest absolute Gasteiger partial charge is 0.135 e. The first-order valence-corrected chi connectivity index (χ1v) is 6.83. The number of benzene rings is 1. The highest BCUT2D eigenvalue weighted by molar-refractivity contribution is 5.78. The molecule has 0 aliphatic rings. The highest BCUT2D eigenvalue weighted by Gasteiger charge is 2.03. The van der Waals surface area contributed by atoms with E-state index in [1.54, 1.807) is 12.5 Å². The Morgan fingerprint density at radius 1 is 1.16 bits per heavy atom. The van der Waals surface area contributed by atoms with Gasteiger partial charge in [-0.1, -0.05) is 31.2 Å². The molecule has 3 heteroatoms. The molecular weight excluding hydrogens is 236 g/mol. The Labute approximate surface area is 114 Å². The molecule has 1 aromatic carbocycles. The van der Waals surface area contributed by atoms with Gasteiger partial charge in [-0.15, -0.1) is 0 Å². The van der Waals surface area contributed by atoms with Gasteiger partial charge in [0.15, 0.2) is 0 Å². The molecule has 1 aromatic heterocycles. The van der Waals surface area contributed by atoms with Crippen LogP contribution in [0.4, 0.5) is 0 Å². The molecule has 0 saturated heterocycles. The minimum atomic E-state index is 0.313. The lowest BCUT2D eigenvalue weighted by Gasteiger charge is -2.04. The first-order chi connectivity index (χ1) is 9.28. The van der Waals surface area contributed by atoms with Gasteiger partial charge in [-0.25, -0.2) is 4.98 Å². The summed E-state index contributed by atoms with van der Waals surface area (Å²) in [6.45, 7) is 2.88. The van der Waals surface area contributed by atoms with Crippen molar-refractivity contribution < 1.29 is 4.79 Å². The van der Waals surface area contributed by atoms with Crippen molar-refractivity contribution in [3.8, 4) is 0 Å². The zero-order chi connectivity index (χ0) is 13.5. The molecule has 0 aliphatic heterocycles. The largest absolute Gasteiger partial charge is 0.337 e. The van der Waals surface area contributed by atoms with Crippen molar-refractivity contribution >= 4 is 5.78 Å². The van der Waals surface area contributed by atoms with Crippen LogP contribution in [0.1, 0.15) is 30.9 Å². The Kier molecular flexibility index (Phi) is 4.90. The van der Waals surface area contributed by atoms with E-state index in [4.69, 9.17) is 0 Å². The standard InChI is InChI=1S/C16H20N2O/c1-2-14-3-5-15(6-4-14)7-8-16(19)9-11-18-12-10-17-13-18/h3-6,10,12-13H,2,7-9,11H2,1H3. The molecule has 0 N–H and O–H groups in total. The molecule has 100 valence electrons. The number of aromatic nitrogens is 2.